The summed E-state index contributed by atoms with van der Waals surface area (Å²) >= 11 is 0.911. The number of rotatable bonds is 3. The van der Waals surface area contributed by atoms with E-state index in [1.807, 2.05) is 26.0 Å². The lowest BCUT2D eigenvalue weighted by Crippen LogP contribution is -2.21. The fourth-order valence-electron chi connectivity index (χ4n) is 1.75. The lowest BCUT2D eigenvalue weighted by molar-refractivity contribution is -0.129. The molecule has 1 heterocycles. The predicted molar refractivity (Wildman–Crippen MR) is 85.3 cm³/mol. The van der Waals surface area contributed by atoms with Gasteiger partial charge in [0.15, 0.2) is 0 Å². The van der Waals surface area contributed by atoms with E-state index in [2.05, 4.69) is 10.3 Å². The molecule has 0 radical (unpaired) electrons. The lowest BCUT2D eigenvalue weighted by atomic mass is 10.1. The number of carboxylic acids is 1. The van der Waals surface area contributed by atoms with Gasteiger partial charge in [-0.1, -0.05) is 6.07 Å². The monoisotopic (exact) mass is 318 g/mol. The number of nitrogens with one attached hydrogen (secondary N) is 2. The minimum Gasteiger partial charge on any atom is -0.478 e. The molecule has 0 atom stereocenters. The molecule has 0 spiro atoms. The molecular weight excluding hydrogens is 304 g/mol. The van der Waals surface area contributed by atoms with Crippen LogP contribution in [0.5, 0.6) is 0 Å². The predicted octanol–water partition coefficient (Wildman–Crippen LogP) is 0.338. The molecule has 22 heavy (non-hydrogen) atoms. The van der Waals surface area contributed by atoms with Gasteiger partial charge in [-0.25, -0.2) is 4.79 Å². The van der Waals surface area contributed by atoms with Gasteiger partial charge in [0, 0.05) is 17.8 Å². The number of H-pyrrole nitrogens is 1. The summed E-state index contributed by atoms with van der Waals surface area (Å²) in [5, 5.41) is 11.3. The second-order valence-corrected chi connectivity index (χ2v) is 5.78. The quantitative estimate of drug-likeness (QED) is 0.760. The minimum absolute atomic E-state index is 0.0396. The van der Waals surface area contributed by atoms with Gasteiger partial charge in [-0.05, 0) is 37.1 Å². The second kappa shape index (κ2) is 6.40. The molecule has 0 saturated carbocycles. The Morgan fingerprint density at radius 2 is 1.95 bits per heavy atom. The number of anilines is 1. The van der Waals surface area contributed by atoms with Crippen LogP contribution in [0.25, 0.3) is 12.2 Å². The van der Waals surface area contributed by atoms with Crippen molar-refractivity contribution in [2.45, 2.75) is 13.8 Å². The Kier molecular flexibility index (Phi) is 4.57. The maximum Gasteiger partial charge on any atom is 0.329 e. The number of aromatic amines is 1. The van der Waals surface area contributed by atoms with E-state index in [0.717, 1.165) is 28.5 Å². The summed E-state index contributed by atoms with van der Waals surface area (Å²) in [7, 11) is 0. The number of aromatic nitrogens is 1. The minimum atomic E-state index is -1.21. The molecule has 114 valence electrons. The number of amides is 1. The van der Waals surface area contributed by atoms with Crippen LogP contribution < -0.4 is 20.1 Å². The Balaban J connectivity index is 2.26. The molecule has 1 aromatic heterocycles. The van der Waals surface area contributed by atoms with E-state index in [-0.39, 0.29) is 4.53 Å². The van der Waals surface area contributed by atoms with Gasteiger partial charge in [0.25, 0.3) is 11.5 Å². The zero-order valence-corrected chi connectivity index (χ0v) is 12.8. The Hall–Kier alpha value is -2.67. The molecule has 0 saturated heterocycles. The van der Waals surface area contributed by atoms with Crippen LogP contribution in [0.2, 0.25) is 0 Å². The van der Waals surface area contributed by atoms with Gasteiger partial charge in [-0.2, -0.15) is 0 Å². The molecule has 3 N–H and O–H groups in total. The number of aryl methyl sites for hydroxylation is 2. The van der Waals surface area contributed by atoms with Crippen molar-refractivity contribution in [2.24, 2.45) is 0 Å². The summed E-state index contributed by atoms with van der Waals surface area (Å²) in [5.74, 6) is -1.61. The van der Waals surface area contributed by atoms with Gasteiger partial charge in [-0.15, -0.1) is 11.3 Å². The van der Waals surface area contributed by atoms with Crippen LogP contribution in [-0.4, -0.2) is 22.0 Å². The summed E-state index contributed by atoms with van der Waals surface area (Å²) in [6, 6.07) is 5.54. The van der Waals surface area contributed by atoms with Crippen molar-refractivity contribution in [3.63, 3.8) is 0 Å². The van der Waals surface area contributed by atoms with Crippen LogP contribution >= 0.6 is 11.3 Å². The molecular formula is C15H14N2O4S. The lowest BCUT2D eigenvalue weighted by Gasteiger charge is -2.05. The molecule has 0 aliphatic carbocycles. The van der Waals surface area contributed by atoms with E-state index in [4.69, 9.17) is 5.11 Å². The number of carbonyl (C=O) groups is 2. The largest absolute Gasteiger partial charge is 0.478 e. The standard InChI is InChI=1S/C15H14N2O4S/c1-8-3-4-10(5-9(8)2)16-12(18)7-13-17-15(21)11(22-13)6-14(19)20/h3-7H,1-2H3,(H,16,18)(H,17,21)(H,19,20). The highest BCUT2D eigenvalue weighted by molar-refractivity contribution is 7.07. The van der Waals surface area contributed by atoms with Crippen molar-refractivity contribution in [3.8, 4) is 0 Å². The number of hydrogen-bond donors (Lipinski definition) is 3. The number of aliphatic carboxylic acids is 1. The first-order chi connectivity index (χ1) is 10.3. The third-order valence-corrected chi connectivity index (χ3v) is 3.93. The van der Waals surface area contributed by atoms with Crippen LogP contribution in [0, 0.1) is 13.8 Å². The summed E-state index contributed by atoms with van der Waals surface area (Å²) in [6.07, 6.45) is 2.03. The Bertz CT molecular complexity index is 908. The van der Waals surface area contributed by atoms with Crippen molar-refractivity contribution in [3.05, 3.63) is 48.9 Å². The van der Waals surface area contributed by atoms with Crippen LogP contribution in [0.4, 0.5) is 5.69 Å². The maximum absolute atomic E-state index is 11.9. The molecule has 0 aliphatic rings. The number of hydrogen-bond acceptors (Lipinski definition) is 4. The van der Waals surface area contributed by atoms with Crippen LogP contribution in [0.15, 0.2) is 23.0 Å². The number of carbonyl (C=O) groups excluding carboxylic acids is 1. The van der Waals surface area contributed by atoms with Crippen molar-refractivity contribution >= 4 is 41.1 Å². The van der Waals surface area contributed by atoms with Crippen molar-refractivity contribution in [2.75, 3.05) is 5.32 Å². The second-order valence-electron chi connectivity index (χ2n) is 4.70. The van der Waals surface area contributed by atoms with Crippen LogP contribution in [0.1, 0.15) is 11.1 Å². The smallest absolute Gasteiger partial charge is 0.329 e. The fourth-order valence-corrected chi connectivity index (χ4v) is 2.60. The number of carboxylic acid groups (broad SMARTS) is 1. The van der Waals surface area contributed by atoms with E-state index >= 15 is 0 Å². The normalized spacial score (nSPS) is 12.5. The molecule has 0 bridgehead atoms. The van der Waals surface area contributed by atoms with E-state index in [0.29, 0.717) is 10.4 Å². The molecule has 0 aliphatic heterocycles. The van der Waals surface area contributed by atoms with Crippen molar-refractivity contribution < 1.29 is 14.7 Å². The topological polar surface area (TPSA) is 99.3 Å². The summed E-state index contributed by atoms with van der Waals surface area (Å²) in [4.78, 5) is 36.4. The average Bonchev–Trinajstić information content (AvgIpc) is 2.73. The highest BCUT2D eigenvalue weighted by Gasteiger charge is 2.02. The number of benzene rings is 1. The first-order valence-electron chi connectivity index (χ1n) is 6.39. The van der Waals surface area contributed by atoms with Gasteiger partial charge in [0.2, 0.25) is 0 Å². The maximum atomic E-state index is 11.9. The molecule has 6 nitrogen and oxygen atoms in total. The van der Waals surface area contributed by atoms with Gasteiger partial charge >= 0.3 is 5.97 Å². The van der Waals surface area contributed by atoms with Crippen LogP contribution in [-0.2, 0) is 9.59 Å². The zero-order chi connectivity index (χ0) is 16.3. The first kappa shape index (κ1) is 15.7. The highest BCUT2D eigenvalue weighted by atomic mass is 32.1. The fraction of sp³-hybridized carbons (Fsp3) is 0.133. The van der Waals surface area contributed by atoms with Gasteiger partial charge in [-0.3, -0.25) is 9.59 Å². The summed E-state index contributed by atoms with van der Waals surface area (Å²) in [6.45, 7) is 3.92. The third-order valence-electron chi connectivity index (χ3n) is 2.97. The summed E-state index contributed by atoms with van der Waals surface area (Å²) < 4.78 is 0.330. The van der Waals surface area contributed by atoms with E-state index in [1.165, 1.54) is 6.08 Å². The molecule has 2 aromatic rings. The van der Waals surface area contributed by atoms with Crippen molar-refractivity contribution in [1.82, 2.24) is 4.98 Å². The zero-order valence-electron chi connectivity index (χ0n) is 12.0. The Morgan fingerprint density at radius 3 is 2.59 bits per heavy atom. The SMILES string of the molecule is Cc1ccc(NC(=O)C=c2[nH]c(=O)c(=CC(=O)O)s2)cc1C. The van der Waals surface area contributed by atoms with Gasteiger partial charge < -0.3 is 15.4 Å². The average molecular weight is 318 g/mol. The van der Waals surface area contributed by atoms with Crippen LogP contribution in [0.3, 0.4) is 0 Å². The van der Waals surface area contributed by atoms with E-state index in [9.17, 15) is 14.4 Å². The molecule has 7 heteroatoms. The van der Waals surface area contributed by atoms with Gasteiger partial charge in [0.05, 0.1) is 0 Å². The molecule has 2 rings (SSSR count). The molecule has 0 unspecified atom stereocenters. The first-order valence-corrected chi connectivity index (χ1v) is 7.20. The van der Waals surface area contributed by atoms with Crippen molar-refractivity contribution in [1.29, 1.82) is 0 Å². The summed E-state index contributed by atoms with van der Waals surface area (Å²) in [5.41, 5.74) is 2.30. The molecule has 1 aromatic carbocycles. The van der Waals surface area contributed by atoms with Gasteiger partial charge in [0.1, 0.15) is 9.20 Å². The van der Waals surface area contributed by atoms with E-state index in [1.54, 1.807) is 6.07 Å². The van der Waals surface area contributed by atoms with E-state index < -0.39 is 17.4 Å². The molecule has 1 amide bonds. The molecule has 0 fully saturated rings. The Morgan fingerprint density at radius 1 is 1.23 bits per heavy atom. The number of thiazole rings is 1. The third kappa shape index (κ3) is 3.92. The Labute approximate surface area is 129 Å². The highest BCUT2D eigenvalue weighted by Crippen LogP contribution is 2.13.